The number of halogens is 1. The van der Waals surface area contributed by atoms with Crippen molar-refractivity contribution in [3.63, 3.8) is 0 Å². The van der Waals surface area contributed by atoms with E-state index in [0.717, 1.165) is 17.8 Å². The zero-order chi connectivity index (χ0) is 20.0. The normalized spacial score (nSPS) is 11.0. The molecule has 0 saturated heterocycles. The zero-order valence-electron chi connectivity index (χ0n) is 14.8. The predicted molar refractivity (Wildman–Crippen MR) is 104 cm³/mol. The van der Waals surface area contributed by atoms with Crippen LogP contribution in [0.15, 0.2) is 77.8 Å². The van der Waals surface area contributed by atoms with Gasteiger partial charge in [-0.15, -0.1) is 0 Å². The summed E-state index contributed by atoms with van der Waals surface area (Å²) in [5.41, 5.74) is 1.47. The quantitative estimate of drug-likeness (QED) is 0.639. The molecule has 1 amide bonds. The molecule has 2 aromatic carbocycles. The van der Waals surface area contributed by atoms with Crippen molar-refractivity contribution in [1.82, 2.24) is 10.3 Å². The van der Waals surface area contributed by atoms with Gasteiger partial charge in [-0.25, -0.2) is 12.8 Å². The summed E-state index contributed by atoms with van der Waals surface area (Å²) in [5, 5.41) is 2.77. The second kappa shape index (κ2) is 8.62. The maximum absolute atomic E-state index is 12.9. The fourth-order valence-electron chi connectivity index (χ4n) is 2.47. The maximum atomic E-state index is 12.9. The van der Waals surface area contributed by atoms with Gasteiger partial charge in [0.1, 0.15) is 5.82 Å². The summed E-state index contributed by atoms with van der Waals surface area (Å²) in [6, 6.07) is 16.1. The number of hydrogen-bond acceptors (Lipinski definition) is 4. The number of sulfonamides is 1. The number of rotatable bonds is 7. The zero-order valence-corrected chi connectivity index (χ0v) is 15.6. The molecule has 0 fully saturated rings. The van der Waals surface area contributed by atoms with Crippen LogP contribution in [0.1, 0.15) is 16.1 Å². The monoisotopic (exact) mass is 399 g/mol. The Hall–Kier alpha value is -3.26. The summed E-state index contributed by atoms with van der Waals surface area (Å²) in [7, 11) is -3.83. The number of carbonyl (C=O) groups is 1. The minimum Gasteiger partial charge on any atom is -0.352 e. The average molecular weight is 399 g/mol. The van der Waals surface area contributed by atoms with Crippen molar-refractivity contribution in [2.75, 3.05) is 11.3 Å². The molecule has 0 atom stereocenters. The van der Waals surface area contributed by atoms with E-state index < -0.39 is 15.8 Å². The molecule has 144 valence electrons. The van der Waals surface area contributed by atoms with Crippen molar-refractivity contribution in [1.29, 1.82) is 0 Å². The smallest absolute Gasteiger partial charge is 0.261 e. The van der Waals surface area contributed by atoms with Crippen molar-refractivity contribution in [2.24, 2.45) is 0 Å². The summed E-state index contributed by atoms with van der Waals surface area (Å²) in [4.78, 5) is 16.4. The molecule has 0 aliphatic carbocycles. The van der Waals surface area contributed by atoms with E-state index in [1.165, 1.54) is 36.4 Å². The van der Waals surface area contributed by atoms with E-state index in [2.05, 4.69) is 15.0 Å². The van der Waals surface area contributed by atoms with Gasteiger partial charge in [-0.3, -0.25) is 14.5 Å². The van der Waals surface area contributed by atoms with E-state index in [1.807, 2.05) is 18.2 Å². The lowest BCUT2D eigenvalue weighted by atomic mass is 10.2. The number of benzene rings is 2. The van der Waals surface area contributed by atoms with Gasteiger partial charge in [-0.2, -0.15) is 0 Å². The summed E-state index contributed by atoms with van der Waals surface area (Å²) in [6.45, 7) is 0.419. The number of pyridine rings is 1. The Morgan fingerprint density at radius 1 is 0.964 bits per heavy atom. The Labute approximate surface area is 162 Å². The van der Waals surface area contributed by atoms with E-state index in [-0.39, 0.29) is 16.5 Å². The highest BCUT2D eigenvalue weighted by atomic mass is 32.2. The molecule has 3 aromatic rings. The molecule has 0 spiro atoms. The summed E-state index contributed by atoms with van der Waals surface area (Å²) >= 11 is 0. The first-order valence-electron chi connectivity index (χ1n) is 8.51. The van der Waals surface area contributed by atoms with Gasteiger partial charge in [0, 0.05) is 36.1 Å². The molecule has 6 nitrogen and oxygen atoms in total. The van der Waals surface area contributed by atoms with Gasteiger partial charge in [-0.05, 0) is 60.7 Å². The first-order valence-corrected chi connectivity index (χ1v) is 9.99. The van der Waals surface area contributed by atoms with Gasteiger partial charge in [0.15, 0.2) is 0 Å². The fourth-order valence-corrected chi connectivity index (χ4v) is 3.53. The molecule has 0 aliphatic heterocycles. The van der Waals surface area contributed by atoms with Gasteiger partial charge < -0.3 is 5.32 Å². The summed E-state index contributed by atoms with van der Waals surface area (Å²) in [6.07, 6.45) is 2.29. The van der Waals surface area contributed by atoms with Crippen LogP contribution in [0, 0.1) is 5.82 Å². The van der Waals surface area contributed by atoms with Crippen molar-refractivity contribution >= 4 is 21.6 Å². The molecule has 0 saturated carbocycles. The topological polar surface area (TPSA) is 88.2 Å². The van der Waals surface area contributed by atoms with Gasteiger partial charge in [0.2, 0.25) is 0 Å². The third-order valence-corrected chi connectivity index (χ3v) is 5.31. The Bertz CT molecular complexity index is 1040. The largest absolute Gasteiger partial charge is 0.352 e. The number of carbonyl (C=O) groups excluding carboxylic acids is 1. The highest BCUT2D eigenvalue weighted by molar-refractivity contribution is 7.92. The van der Waals surface area contributed by atoms with Crippen LogP contribution in [-0.4, -0.2) is 25.9 Å². The molecule has 8 heteroatoms. The van der Waals surface area contributed by atoms with Gasteiger partial charge in [-0.1, -0.05) is 6.07 Å². The number of amides is 1. The molecule has 3 rings (SSSR count). The van der Waals surface area contributed by atoms with Crippen LogP contribution < -0.4 is 10.0 Å². The van der Waals surface area contributed by atoms with Crippen molar-refractivity contribution < 1.29 is 17.6 Å². The highest BCUT2D eigenvalue weighted by Crippen LogP contribution is 2.17. The number of nitrogens with one attached hydrogen (secondary N) is 2. The average Bonchev–Trinajstić information content (AvgIpc) is 2.70. The third kappa shape index (κ3) is 5.14. The molecular formula is C20H18FN3O3S. The van der Waals surface area contributed by atoms with Crippen LogP contribution in [0.25, 0.3) is 0 Å². The van der Waals surface area contributed by atoms with Gasteiger partial charge in [0.25, 0.3) is 15.9 Å². The van der Waals surface area contributed by atoms with E-state index in [9.17, 15) is 17.6 Å². The standard InChI is InChI=1S/C20H18FN3O3S/c21-16-6-8-18(9-7-16)24-28(26,27)19-10-4-15(5-11-19)20(25)23-14-12-17-3-1-2-13-22-17/h1-11,13,24H,12,14H2,(H,23,25). The molecule has 0 bridgehead atoms. The van der Waals surface area contributed by atoms with Crippen LogP contribution >= 0.6 is 0 Å². The Morgan fingerprint density at radius 3 is 2.32 bits per heavy atom. The first-order chi connectivity index (χ1) is 13.4. The van der Waals surface area contributed by atoms with Crippen molar-refractivity contribution in [3.8, 4) is 0 Å². The minimum atomic E-state index is -3.83. The highest BCUT2D eigenvalue weighted by Gasteiger charge is 2.15. The molecular weight excluding hydrogens is 381 g/mol. The van der Waals surface area contributed by atoms with Gasteiger partial charge >= 0.3 is 0 Å². The molecule has 2 N–H and O–H groups in total. The van der Waals surface area contributed by atoms with Crippen LogP contribution in [0.2, 0.25) is 0 Å². The molecule has 0 unspecified atom stereocenters. The maximum Gasteiger partial charge on any atom is 0.261 e. The van der Waals surface area contributed by atoms with E-state index in [1.54, 1.807) is 6.20 Å². The molecule has 0 radical (unpaired) electrons. The Morgan fingerprint density at radius 2 is 1.68 bits per heavy atom. The van der Waals surface area contributed by atoms with E-state index in [4.69, 9.17) is 0 Å². The lowest BCUT2D eigenvalue weighted by Gasteiger charge is -2.09. The van der Waals surface area contributed by atoms with Crippen LogP contribution in [0.4, 0.5) is 10.1 Å². The molecule has 1 heterocycles. The van der Waals surface area contributed by atoms with Crippen LogP contribution in [-0.2, 0) is 16.4 Å². The minimum absolute atomic E-state index is 0.00172. The number of aromatic nitrogens is 1. The lowest BCUT2D eigenvalue weighted by molar-refractivity contribution is 0.0954. The second-order valence-corrected chi connectivity index (χ2v) is 7.65. The third-order valence-electron chi connectivity index (χ3n) is 3.92. The summed E-state index contributed by atoms with van der Waals surface area (Å²) < 4.78 is 40.1. The van der Waals surface area contributed by atoms with Crippen molar-refractivity contribution in [3.05, 3.63) is 90.0 Å². The van der Waals surface area contributed by atoms with Crippen LogP contribution in [0.3, 0.4) is 0 Å². The SMILES string of the molecule is O=C(NCCc1ccccn1)c1ccc(S(=O)(=O)Nc2ccc(F)cc2)cc1. The fraction of sp³-hybridized carbons (Fsp3) is 0.100. The Balaban J connectivity index is 1.60. The molecule has 0 aliphatic rings. The van der Waals surface area contributed by atoms with Crippen molar-refractivity contribution in [2.45, 2.75) is 11.3 Å². The summed E-state index contributed by atoms with van der Waals surface area (Å²) in [5.74, 6) is -0.757. The second-order valence-electron chi connectivity index (χ2n) is 5.96. The molecule has 1 aromatic heterocycles. The first kappa shape index (κ1) is 19.5. The predicted octanol–water partition coefficient (Wildman–Crippen LogP) is 2.99. The number of nitrogens with zero attached hydrogens (tertiary/aromatic N) is 1. The number of hydrogen-bond donors (Lipinski definition) is 2. The number of anilines is 1. The van der Waals surface area contributed by atoms with E-state index >= 15 is 0 Å². The van der Waals surface area contributed by atoms with E-state index in [0.29, 0.717) is 18.5 Å². The molecule has 28 heavy (non-hydrogen) atoms. The van der Waals surface area contributed by atoms with Crippen LogP contribution in [0.5, 0.6) is 0 Å². The van der Waals surface area contributed by atoms with Gasteiger partial charge in [0.05, 0.1) is 4.90 Å². The Kier molecular flexibility index (Phi) is 6.00. The lowest BCUT2D eigenvalue weighted by Crippen LogP contribution is -2.26.